The summed E-state index contributed by atoms with van der Waals surface area (Å²) in [6, 6.07) is 1.92. The highest BCUT2D eigenvalue weighted by Crippen LogP contribution is 2.30. The molecule has 0 spiro atoms. The Morgan fingerprint density at radius 2 is 2.22 bits per heavy atom. The molecule has 2 rings (SSSR count). The van der Waals surface area contributed by atoms with Crippen LogP contribution in [0.15, 0.2) is 11.4 Å². The summed E-state index contributed by atoms with van der Waals surface area (Å²) in [4.78, 5) is 1.08. The number of halogens is 1. The maximum absolute atomic E-state index is 6.19. The van der Waals surface area contributed by atoms with Gasteiger partial charge in [-0.25, -0.2) is 0 Å². The van der Waals surface area contributed by atoms with Gasteiger partial charge in [0.05, 0.1) is 10.7 Å². The van der Waals surface area contributed by atoms with E-state index in [0.717, 1.165) is 28.4 Å². The Hall–Kier alpha value is -0.840. The number of thiophene rings is 1. The topological polar surface area (TPSA) is 43.8 Å². The van der Waals surface area contributed by atoms with Crippen LogP contribution < -0.4 is 5.73 Å². The number of nitrogens with two attached hydrogens (primary N) is 1. The van der Waals surface area contributed by atoms with Crippen molar-refractivity contribution in [3.63, 3.8) is 0 Å². The summed E-state index contributed by atoms with van der Waals surface area (Å²) >= 11 is 7.73. The molecule has 0 fully saturated rings. The van der Waals surface area contributed by atoms with Crippen LogP contribution in [0.5, 0.6) is 0 Å². The minimum Gasteiger partial charge on any atom is -0.323 e. The second kappa shape index (κ2) is 5.43. The zero-order valence-corrected chi connectivity index (χ0v) is 12.5. The Balaban J connectivity index is 2.06. The van der Waals surface area contributed by atoms with E-state index in [9.17, 15) is 0 Å². The van der Waals surface area contributed by atoms with Crippen molar-refractivity contribution in [2.24, 2.45) is 12.8 Å². The summed E-state index contributed by atoms with van der Waals surface area (Å²) < 4.78 is 1.92. The first-order valence-corrected chi connectivity index (χ1v) is 7.24. The van der Waals surface area contributed by atoms with Gasteiger partial charge in [0, 0.05) is 23.7 Å². The van der Waals surface area contributed by atoms with E-state index in [0.29, 0.717) is 0 Å². The molecule has 2 aromatic heterocycles. The maximum atomic E-state index is 6.19. The van der Waals surface area contributed by atoms with E-state index < -0.39 is 0 Å². The first kappa shape index (κ1) is 13.6. The molecule has 1 atom stereocenters. The van der Waals surface area contributed by atoms with Crippen molar-refractivity contribution in [3.05, 3.63) is 38.3 Å². The van der Waals surface area contributed by atoms with Crippen LogP contribution in [0.4, 0.5) is 0 Å². The van der Waals surface area contributed by atoms with E-state index in [2.05, 4.69) is 12.0 Å². The summed E-state index contributed by atoms with van der Waals surface area (Å²) in [5, 5.41) is 7.19. The van der Waals surface area contributed by atoms with Crippen LogP contribution in [0, 0.1) is 13.8 Å². The van der Waals surface area contributed by atoms with Gasteiger partial charge in [-0.05, 0) is 43.7 Å². The van der Waals surface area contributed by atoms with Crippen LogP contribution in [0.25, 0.3) is 0 Å². The van der Waals surface area contributed by atoms with Crippen LogP contribution in [0.1, 0.15) is 34.3 Å². The van der Waals surface area contributed by atoms with Crippen molar-refractivity contribution >= 4 is 22.9 Å². The van der Waals surface area contributed by atoms with Crippen molar-refractivity contribution in [3.8, 4) is 0 Å². The van der Waals surface area contributed by atoms with E-state index in [1.807, 2.05) is 30.1 Å². The molecule has 0 saturated carbocycles. The molecule has 0 bridgehead atoms. The lowest BCUT2D eigenvalue weighted by atomic mass is 10.0. The Morgan fingerprint density at radius 1 is 1.50 bits per heavy atom. The van der Waals surface area contributed by atoms with Crippen molar-refractivity contribution in [2.75, 3.05) is 0 Å². The Labute approximate surface area is 117 Å². The molecule has 0 saturated heterocycles. The maximum Gasteiger partial charge on any atom is 0.0628 e. The largest absolute Gasteiger partial charge is 0.323 e. The van der Waals surface area contributed by atoms with Gasteiger partial charge in [0.15, 0.2) is 0 Å². The number of nitrogens with zero attached hydrogens (tertiary/aromatic N) is 2. The van der Waals surface area contributed by atoms with E-state index in [4.69, 9.17) is 17.3 Å². The van der Waals surface area contributed by atoms with Gasteiger partial charge in [-0.1, -0.05) is 11.6 Å². The molecule has 0 aliphatic rings. The fraction of sp³-hybridized carbons (Fsp3) is 0.462. The van der Waals surface area contributed by atoms with Crippen LogP contribution in [0.3, 0.4) is 0 Å². The van der Waals surface area contributed by atoms with Gasteiger partial charge in [-0.2, -0.15) is 5.10 Å². The van der Waals surface area contributed by atoms with Gasteiger partial charge < -0.3 is 5.73 Å². The van der Waals surface area contributed by atoms with Gasteiger partial charge in [-0.3, -0.25) is 4.68 Å². The first-order valence-electron chi connectivity index (χ1n) is 5.98. The quantitative estimate of drug-likeness (QED) is 0.935. The van der Waals surface area contributed by atoms with Crippen LogP contribution in [-0.4, -0.2) is 9.78 Å². The zero-order valence-electron chi connectivity index (χ0n) is 10.9. The fourth-order valence-corrected chi connectivity index (χ4v) is 3.42. The molecule has 0 amide bonds. The molecule has 98 valence electrons. The molecule has 3 nitrogen and oxygen atoms in total. The predicted molar refractivity (Wildman–Crippen MR) is 77.3 cm³/mol. The summed E-state index contributed by atoms with van der Waals surface area (Å²) in [6.07, 6.45) is 1.84. The molecule has 1 unspecified atom stereocenters. The summed E-state index contributed by atoms with van der Waals surface area (Å²) in [5.74, 6) is 0. The number of aromatic nitrogens is 2. The zero-order chi connectivity index (χ0) is 13.3. The molecule has 0 radical (unpaired) electrons. The van der Waals surface area contributed by atoms with E-state index in [1.54, 1.807) is 11.3 Å². The second-order valence-electron chi connectivity index (χ2n) is 4.55. The van der Waals surface area contributed by atoms with Crippen molar-refractivity contribution in [2.45, 2.75) is 32.7 Å². The number of rotatable bonds is 4. The van der Waals surface area contributed by atoms with Crippen molar-refractivity contribution < 1.29 is 0 Å². The molecule has 5 heteroatoms. The first-order chi connectivity index (χ1) is 8.50. The number of hydrogen-bond acceptors (Lipinski definition) is 3. The predicted octanol–water partition coefficient (Wildman–Crippen LogP) is 3.38. The highest BCUT2D eigenvalue weighted by molar-refractivity contribution is 7.10. The Morgan fingerprint density at radius 3 is 2.72 bits per heavy atom. The number of aryl methyl sites for hydroxylation is 2. The lowest BCUT2D eigenvalue weighted by Gasteiger charge is -2.10. The molecular weight excluding hydrogens is 266 g/mol. The van der Waals surface area contributed by atoms with Crippen molar-refractivity contribution in [1.29, 1.82) is 0 Å². The van der Waals surface area contributed by atoms with E-state index in [1.165, 1.54) is 11.3 Å². The molecule has 0 aliphatic carbocycles. The minimum atomic E-state index is 0.0107. The molecule has 18 heavy (non-hydrogen) atoms. The van der Waals surface area contributed by atoms with Gasteiger partial charge in [-0.15, -0.1) is 11.3 Å². The monoisotopic (exact) mass is 283 g/mol. The average molecular weight is 284 g/mol. The van der Waals surface area contributed by atoms with Crippen LogP contribution in [0.2, 0.25) is 5.02 Å². The standard InChI is InChI=1S/C13H18ClN3S/c1-8-10(9(2)17(3)16-8)4-5-12(15)13-11(14)6-7-18-13/h6-7,12H,4-5,15H2,1-3H3. The highest BCUT2D eigenvalue weighted by Gasteiger charge is 2.15. The van der Waals surface area contributed by atoms with Gasteiger partial charge in [0.1, 0.15) is 0 Å². The lowest BCUT2D eigenvalue weighted by molar-refractivity contribution is 0.657. The molecule has 0 aliphatic heterocycles. The average Bonchev–Trinajstić information content (AvgIpc) is 2.83. The third-order valence-electron chi connectivity index (χ3n) is 3.35. The SMILES string of the molecule is Cc1nn(C)c(C)c1CCC(N)c1sccc1Cl. The van der Waals surface area contributed by atoms with Crippen LogP contribution >= 0.6 is 22.9 Å². The summed E-state index contributed by atoms with van der Waals surface area (Å²) in [7, 11) is 1.97. The van der Waals surface area contributed by atoms with Gasteiger partial charge in [0.2, 0.25) is 0 Å². The minimum absolute atomic E-state index is 0.0107. The highest BCUT2D eigenvalue weighted by atomic mass is 35.5. The van der Waals surface area contributed by atoms with Gasteiger partial charge in [0.25, 0.3) is 0 Å². The molecular formula is C13H18ClN3S. The summed E-state index contributed by atoms with van der Waals surface area (Å²) in [5.41, 5.74) is 9.82. The van der Waals surface area contributed by atoms with Gasteiger partial charge >= 0.3 is 0 Å². The normalized spacial score (nSPS) is 12.9. The molecule has 0 aromatic carbocycles. The Kier molecular flexibility index (Phi) is 4.10. The summed E-state index contributed by atoms with van der Waals surface area (Å²) in [6.45, 7) is 4.14. The molecule has 2 N–H and O–H groups in total. The van der Waals surface area contributed by atoms with E-state index >= 15 is 0 Å². The molecule has 2 aromatic rings. The Bertz CT molecular complexity index is 544. The molecule has 2 heterocycles. The lowest BCUT2D eigenvalue weighted by Crippen LogP contribution is -2.10. The smallest absolute Gasteiger partial charge is 0.0628 e. The number of hydrogen-bond donors (Lipinski definition) is 1. The third kappa shape index (κ3) is 2.60. The van der Waals surface area contributed by atoms with E-state index in [-0.39, 0.29) is 6.04 Å². The second-order valence-corrected chi connectivity index (χ2v) is 5.91. The fourth-order valence-electron chi connectivity index (χ4n) is 2.18. The third-order valence-corrected chi connectivity index (χ3v) is 4.84. The van der Waals surface area contributed by atoms with Crippen LogP contribution in [-0.2, 0) is 13.5 Å². The van der Waals surface area contributed by atoms with Crippen molar-refractivity contribution in [1.82, 2.24) is 9.78 Å².